The van der Waals surface area contributed by atoms with Gasteiger partial charge >= 0.3 is 5.97 Å². The van der Waals surface area contributed by atoms with Crippen molar-refractivity contribution in [2.24, 2.45) is 0 Å². The van der Waals surface area contributed by atoms with Crippen LogP contribution < -0.4 is 5.32 Å². The molecule has 2 unspecified atom stereocenters. The Labute approximate surface area is 181 Å². The van der Waals surface area contributed by atoms with Crippen LogP contribution in [-0.4, -0.2) is 34.2 Å². The highest BCUT2D eigenvalue weighted by atomic mass is 16.5. The van der Waals surface area contributed by atoms with Crippen LogP contribution in [0.1, 0.15) is 42.6 Å². The van der Waals surface area contributed by atoms with E-state index in [9.17, 15) is 14.7 Å². The lowest BCUT2D eigenvalue weighted by Gasteiger charge is -2.26. The van der Waals surface area contributed by atoms with Crippen LogP contribution in [0.3, 0.4) is 0 Å². The molecule has 2 N–H and O–H groups in total. The summed E-state index contributed by atoms with van der Waals surface area (Å²) in [7, 11) is 0. The SMILES string of the molecule is CCC(C(=O)O)n1c2c(c3ccccc31)CC(NC(=O)COCc1ccccc1)CC2. The summed E-state index contributed by atoms with van der Waals surface area (Å²) in [5, 5.41) is 13.9. The van der Waals surface area contributed by atoms with Gasteiger partial charge < -0.3 is 19.7 Å². The summed E-state index contributed by atoms with van der Waals surface area (Å²) in [5.74, 6) is -0.929. The van der Waals surface area contributed by atoms with Crippen LogP contribution in [0.25, 0.3) is 10.9 Å². The molecule has 1 aromatic heterocycles. The molecule has 0 fully saturated rings. The number of carbonyl (C=O) groups is 2. The van der Waals surface area contributed by atoms with Gasteiger partial charge in [-0.05, 0) is 42.9 Å². The summed E-state index contributed by atoms with van der Waals surface area (Å²) >= 11 is 0. The maximum absolute atomic E-state index is 12.4. The lowest BCUT2D eigenvalue weighted by atomic mass is 9.91. The fourth-order valence-electron chi connectivity index (χ4n) is 4.60. The monoisotopic (exact) mass is 420 g/mol. The van der Waals surface area contributed by atoms with Crippen LogP contribution in [-0.2, 0) is 33.8 Å². The van der Waals surface area contributed by atoms with Crippen molar-refractivity contribution in [2.45, 2.75) is 51.3 Å². The second kappa shape index (κ2) is 9.35. The lowest BCUT2D eigenvalue weighted by Crippen LogP contribution is -2.41. The fraction of sp³-hybridized carbons (Fsp3) is 0.360. The van der Waals surface area contributed by atoms with Crippen molar-refractivity contribution in [3.8, 4) is 0 Å². The van der Waals surface area contributed by atoms with Gasteiger partial charge in [-0.2, -0.15) is 0 Å². The first kappa shape index (κ1) is 21.1. The van der Waals surface area contributed by atoms with E-state index in [2.05, 4.69) is 5.32 Å². The zero-order valence-corrected chi connectivity index (χ0v) is 17.7. The summed E-state index contributed by atoms with van der Waals surface area (Å²) in [5.41, 5.74) is 4.23. The number of aromatic nitrogens is 1. The normalized spacial score (nSPS) is 16.6. The molecule has 0 saturated carbocycles. The topological polar surface area (TPSA) is 80.6 Å². The molecule has 0 spiro atoms. The van der Waals surface area contributed by atoms with Crippen molar-refractivity contribution >= 4 is 22.8 Å². The van der Waals surface area contributed by atoms with Gasteiger partial charge in [0.1, 0.15) is 12.6 Å². The maximum atomic E-state index is 12.4. The third kappa shape index (κ3) is 4.49. The van der Waals surface area contributed by atoms with E-state index >= 15 is 0 Å². The summed E-state index contributed by atoms with van der Waals surface area (Å²) in [6, 6.07) is 17.2. The van der Waals surface area contributed by atoms with Crippen molar-refractivity contribution in [1.29, 1.82) is 0 Å². The molecule has 2 atom stereocenters. The van der Waals surface area contributed by atoms with Crippen LogP contribution in [0, 0.1) is 0 Å². The summed E-state index contributed by atoms with van der Waals surface area (Å²) in [4.78, 5) is 24.3. The van der Waals surface area contributed by atoms with E-state index < -0.39 is 12.0 Å². The molecule has 1 heterocycles. The molecule has 6 heteroatoms. The molecule has 0 bridgehead atoms. The molecule has 1 aliphatic rings. The maximum Gasteiger partial charge on any atom is 0.326 e. The number of benzene rings is 2. The van der Waals surface area contributed by atoms with E-state index in [4.69, 9.17) is 4.74 Å². The van der Waals surface area contributed by atoms with E-state index in [0.717, 1.165) is 40.6 Å². The van der Waals surface area contributed by atoms with E-state index in [1.165, 1.54) is 0 Å². The number of aliphatic carboxylic acids is 1. The second-order valence-electron chi connectivity index (χ2n) is 8.06. The van der Waals surface area contributed by atoms with E-state index in [1.807, 2.05) is 66.1 Å². The minimum absolute atomic E-state index is 0.0180. The molecule has 0 radical (unpaired) electrons. The highest BCUT2D eigenvalue weighted by Gasteiger charge is 2.30. The van der Waals surface area contributed by atoms with Gasteiger partial charge in [0.15, 0.2) is 0 Å². The first-order chi connectivity index (χ1) is 15.1. The van der Waals surface area contributed by atoms with Gasteiger partial charge in [0, 0.05) is 22.6 Å². The number of hydrogen-bond acceptors (Lipinski definition) is 3. The van der Waals surface area contributed by atoms with Crippen LogP contribution in [0.15, 0.2) is 54.6 Å². The van der Waals surface area contributed by atoms with Crippen molar-refractivity contribution in [3.05, 3.63) is 71.4 Å². The van der Waals surface area contributed by atoms with Crippen LogP contribution in [0.5, 0.6) is 0 Å². The number of fused-ring (bicyclic) bond motifs is 3. The number of nitrogens with zero attached hydrogens (tertiary/aromatic N) is 1. The first-order valence-electron chi connectivity index (χ1n) is 10.8. The van der Waals surface area contributed by atoms with Gasteiger partial charge in [0.2, 0.25) is 5.91 Å². The Morgan fingerprint density at radius 2 is 1.90 bits per heavy atom. The molecule has 0 saturated heterocycles. The number of para-hydroxylation sites is 1. The predicted molar refractivity (Wildman–Crippen MR) is 119 cm³/mol. The Bertz CT molecular complexity index is 1070. The molecule has 4 rings (SSSR count). The van der Waals surface area contributed by atoms with Crippen LogP contribution in [0.4, 0.5) is 0 Å². The Morgan fingerprint density at radius 1 is 1.16 bits per heavy atom. The van der Waals surface area contributed by atoms with Crippen molar-refractivity contribution in [2.75, 3.05) is 6.61 Å². The van der Waals surface area contributed by atoms with Gasteiger partial charge in [-0.1, -0.05) is 55.5 Å². The number of amides is 1. The summed E-state index contributed by atoms with van der Waals surface area (Å²) < 4.78 is 7.55. The number of nitrogens with one attached hydrogen (secondary N) is 1. The average Bonchev–Trinajstić information content (AvgIpc) is 3.09. The Morgan fingerprint density at radius 3 is 2.65 bits per heavy atom. The fourth-order valence-corrected chi connectivity index (χ4v) is 4.60. The molecule has 1 amide bonds. The van der Waals surface area contributed by atoms with Crippen molar-refractivity contribution in [1.82, 2.24) is 9.88 Å². The van der Waals surface area contributed by atoms with E-state index in [0.29, 0.717) is 19.4 Å². The molecular weight excluding hydrogens is 392 g/mol. The average molecular weight is 421 g/mol. The molecule has 31 heavy (non-hydrogen) atoms. The highest BCUT2D eigenvalue weighted by Crippen LogP contribution is 2.35. The van der Waals surface area contributed by atoms with Gasteiger partial charge in [-0.15, -0.1) is 0 Å². The van der Waals surface area contributed by atoms with E-state index in [1.54, 1.807) is 0 Å². The van der Waals surface area contributed by atoms with Crippen LogP contribution in [0.2, 0.25) is 0 Å². The minimum atomic E-state index is -0.808. The predicted octanol–water partition coefficient (Wildman–Crippen LogP) is 3.87. The number of carboxylic acid groups (broad SMARTS) is 1. The van der Waals surface area contributed by atoms with Gasteiger partial charge in [-0.25, -0.2) is 4.79 Å². The molecular formula is C25H28N2O4. The zero-order chi connectivity index (χ0) is 21.8. The quantitative estimate of drug-likeness (QED) is 0.580. The highest BCUT2D eigenvalue weighted by molar-refractivity contribution is 5.88. The Hall–Kier alpha value is -3.12. The molecule has 3 aromatic rings. The lowest BCUT2D eigenvalue weighted by molar-refractivity contribution is -0.141. The Kier molecular flexibility index (Phi) is 6.37. The number of rotatable bonds is 8. The molecule has 6 nitrogen and oxygen atoms in total. The molecule has 1 aliphatic carbocycles. The van der Waals surface area contributed by atoms with Gasteiger partial charge in [-0.3, -0.25) is 4.79 Å². The number of ether oxygens (including phenoxy) is 1. The van der Waals surface area contributed by atoms with E-state index in [-0.39, 0.29) is 18.6 Å². The third-order valence-electron chi connectivity index (χ3n) is 6.00. The molecule has 2 aromatic carbocycles. The number of hydrogen-bond donors (Lipinski definition) is 2. The van der Waals surface area contributed by atoms with Gasteiger partial charge in [0.05, 0.1) is 6.61 Å². The minimum Gasteiger partial charge on any atom is -0.480 e. The Balaban J connectivity index is 1.46. The number of carbonyl (C=O) groups excluding carboxylic acids is 1. The van der Waals surface area contributed by atoms with Crippen molar-refractivity contribution in [3.63, 3.8) is 0 Å². The molecule has 162 valence electrons. The third-order valence-corrected chi connectivity index (χ3v) is 6.00. The zero-order valence-electron chi connectivity index (χ0n) is 17.7. The smallest absolute Gasteiger partial charge is 0.326 e. The summed E-state index contributed by atoms with van der Waals surface area (Å²) in [6.07, 6.45) is 2.75. The number of carboxylic acids is 1. The largest absolute Gasteiger partial charge is 0.480 e. The molecule has 0 aliphatic heterocycles. The summed E-state index contributed by atoms with van der Waals surface area (Å²) in [6.45, 7) is 2.34. The van der Waals surface area contributed by atoms with Crippen molar-refractivity contribution < 1.29 is 19.4 Å². The second-order valence-corrected chi connectivity index (χ2v) is 8.06. The van der Waals surface area contributed by atoms with Gasteiger partial charge in [0.25, 0.3) is 0 Å². The standard InChI is InChI=1S/C25H28N2O4/c1-2-21(25(29)30)27-22-11-7-6-10-19(22)20-14-18(12-13-23(20)27)26-24(28)16-31-15-17-8-4-3-5-9-17/h3-11,18,21H,2,12-16H2,1H3,(H,26,28)(H,29,30). The first-order valence-corrected chi connectivity index (χ1v) is 10.8. The van der Waals surface area contributed by atoms with Crippen LogP contribution >= 0.6 is 0 Å².